The van der Waals surface area contributed by atoms with Gasteiger partial charge in [0.2, 0.25) is 0 Å². The number of benzene rings is 1. The van der Waals surface area contributed by atoms with Gasteiger partial charge < -0.3 is 9.84 Å². The number of aromatic carboxylic acids is 1. The van der Waals surface area contributed by atoms with Crippen LogP contribution >= 0.6 is 15.9 Å². The van der Waals surface area contributed by atoms with E-state index in [-0.39, 0.29) is 11.7 Å². The third kappa shape index (κ3) is 3.29. The molecule has 0 saturated carbocycles. The van der Waals surface area contributed by atoms with Gasteiger partial charge in [-0.05, 0) is 43.7 Å². The highest BCUT2D eigenvalue weighted by Crippen LogP contribution is 2.24. The molecule has 6 heteroatoms. The van der Waals surface area contributed by atoms with E-state index in [9.17, 15) is 4.79 Å². The molecular formula is C13H11BrN2O3. The first kappa shape index (κ1) is 13.5. The number of nitrogens with zero attached hydrogens (tertiary/aromatic N) is 2. The predicted molar refractivity (Wildman–Crippen MR) is 72.7 cm³/mol. The van der Waals surface area contributed by atoms with Crippen LogP contribution < -0.4 is 4.74 Å². The molecule has 1 heterocycles. The van der Waals surface area contributed by atoms with E-state index < -0.39 is 5.97 Å². The van der Waals surface area contributed by atoms with Crippen LogP contribution in [0, 0.1) is 13.8 Å². The number of hydrogen-bond donors (Lipinski definition) is 1. The molecule has 1 N–H and O–H groups in total. The molecule has 0 amide bonds. The third-order valence-corrected chi connectivity index (χ3v) is 3.28. The maximum absolute atomic E-state index is 10.9. The largest absolute Gasteiger partial charge is 0.477 e. The summed E-state index contributed by atoms with van der Waals surface area (Å²) in [7, 11) is 0. The number of carbonyl (C=O) groups is 1. The van der Waals surface area contributed by atoms with Crippen LogP contribution in [0.25, 0.3) is 0 Å². The smallest absolute Gasteiger partial charge is 0.354 e. The van der Waals surface area contributed by atoms with Crippen molar-refractivity contribution in [2.45, 2.75) is 13.8 Å². The van der Waals surface area contributed by atoms with E-state index in [0.29, 0.717) is 11.4 Å². The lowest BCUT2D eigenvalue weighted by atomic mass is 10.2. The summed E-state index contributed by atoms with van der Waals surface area (Å²) >= 11 is 3.39. The van der Waals surface area contributed by atoms with Crippen molar-refractivity contribution in [1.29, 1.82) is 0 Å². The average molecular weight is 323 g/mol. The zero-order chi connectivity index (χ0) is 14.0. The van der Waals surface area contributed by atoms with Gasteiger partial charge in [0.25, 0.3) is 0 Å². The van der Waals surface area contributed by atoms with Crippen molar-refractivity contribution in [3.05, 3.63) is 45.7 Å². The van der Waals surface area contributed by atoms with Crippen LogP contribution in [-0.4, -0.2) is 21.0 Å². The number of aryl methyl sites for hydroxylation is 2. The summed E-state index contributed by atoms with van der Waals surface area (Å²) in [5.41, 5.74) is 1.45. The number of aromatic nitrogens is 2. The quantitative estimate of drug-likeness (QED) is 0.938. The van der Waals surface area contributed by atoms with Gasteiger partial charge in [0, 0.05) is 10.2 Å². The topological polar surface area (TPSA) is 72.3 Å². The fourth-order valence-corrected chi connectivity index (χ4v) is 1.73. The molecule has 0 radical (unpaired) electrons. The normalized spacial score (nSPS) is 10.3. The van der Waals surface area contributed by atoms with Crippen molar-refractivity contribution in [1.82, 2.24) is 9.97 Å². The SMILES string of the molecule is Cc1cc(C(=O)O)nc(Oc2ccc(Br)c(C)c2)n1. The van der Waals surface area contributed by atoms with Gasteiger partial charge in [0.15, 0.2) is 5.69 Å². The van der Waals surface area contributed by atoms with E-state index >= 15 is 0 Å². The van der Waals surface area contributed by atoms with Gasteiger partial charge in [-0.2, -0.15) is 4.98 Å². The Bertz CT molecular complexity index is 644. The molecule has 0 spiro atoms. The van der Waals surface area contributed by atoms with Gasteiger partial charge in [0.1, 0.15) is 5.75 Å². The van der Waals surface area contributed by atoms with E-state index in [2.05, 4.69) is 25.9 Å². The molecule has 1 aromatic carbocycles. The zero-order valence-electron chi connectivity index (χ0n) is 10.3. The summed E-state index contributed by atoms with van der Waals surface area (Å²) in [5.74, 6) is -0.551. The average Bonchev–Trinajstić information content (AvgIpc) is 2.33. The highest BCUT2D eigenvalue weighted by molar-refractivity contribution is 9.10. The summed E-state index contributed by atoms with van der Waals surface area (Å²) < 4.78 is 6.45. The summed E-state index contributed by atoms with van der Waals surface area (Å²) in [6.07, 6.45) is 0. The summed E-state index contributed by atoms with van der Waals surface area (Å²) in [4.78, 5) is 18.8. The predicted octanol–water partition coefficient (Wildman–Crippen LogP) is 3.35. The molecule has 0 bridgehead atoms. The Kier molecular flexibility index (Phi) is 3.80. The molecular weight excluding hydrogens is 312 g/mol. The van der Waals surface area contributed by atoms with E-state index in [1.807, 2.05) is 19.1 Å². The number of carboxylic acids is 1. The van der Waals surface area contributed by atoms with Crippen molar-refractivity contribution in [2.24, 2.45) is 0 Å². The van der Waals surface area contributed by atoms with Crippen molar-refractivity contribution in [3.63, 3.8) is 0 Å². The number of hydrogen-bond acceptors (Lipinski definition) is 4. The Labute approximate surface area is 118 Å². The van der Waals surface area contributed by atoms with Crippen LogP contribution in [0.1, 0.15) is 21.7 Å². The van der Waals surface area contributed by atoms with E-state index in [1.54, 1.807) is 13.0 Å². The lowest BCUT2D eigenvalue weighted by Gasteiger charge is -2.07. The molecule has 0 aliphatic rings. The third-order valence-electron chi connectivity index (χ3n) is 2.39. The highest BCUT2D eigenvalue weighted by atomic mass is 79.9. The molecule has 0 aliphatic heterocycles. The lowest BCUT2D eigenvalue weighted by molar-refractivity contribution is 0.0689. The molecule has 0 aliphatic carbocycles. The van der Waals surface area contributed by atoms with Gasteiger partial charge in [-0.25, -0.2) is 9.78 Å². The molecule has 0 unspecified atom stereocenters. The maximum Gasteiger partial charge on any atom is 0.354 e. The summed E-state index contributed by atoms with van der Waals surface area (Å²) in [5, 5.41) is 8.93. The summed E-state index contributed by atoms with van der Waals surface area (Å²) in [6.45, 7) is 3.62. The maximum atomic E-state index is 10.9. The Morgan fingerprint density at radius 2 is 2.00 bits per heavy atom. The van der Waals surface area contributed by atoms with Crippen molar-refractivity contribution in [2.75, 3.05) is 0 Å². The van der Waals surface area contributed by atoms with Gasteiger partial charge in [0.05, 0.1) is 0 Å². The second-order valence-electron chi connectivity index (χ2n) is 4.00. The zero-order valence-corrected chi connectivity index (χ0v) is 11.9. The van der Waals surface area contributed by atoms with Crippen LogP contribution in [-0.2, 0) is 0 Å². The van der Waals surface area contributed by atoms with Crippen LogP contribution in [0.15, 0.2) is 28.7 Å². The first-order valence-electron chi connectivity index (χ1n) is 5.48. The van der Waals surface area contributed by atoms with Crippen molar-refractivity contribution >= 4 is 21.9 Å². The van der Waals surface area contributed by atoms with E-state index in [4.69, 9.17) is 9.84 Å². The molecule has 2 aromatic rings. The second kappa shape index (κ2) is 5.36. The molecule has 5 nitrogen and oxygen atoms in total. The van der Waals surface area contributed by atoms with Gasteiger partial charge in [-0.1, -0.05) is 15.9 Å². The van der Waals surface area contributed by atoms with Gasteiger partial charge >= 0.3 is 12.0 Å². The van der Waals surface area contributed by atoms with Gasteiger partial charge in [-0.3, -0.25) is 0 Å². The fraction of sp³-hybridized carbons (Fsp3) is 0.154. The lowest BCUT2D eigenvalue weighted by Crippen LogP contribution is -2.04. The van der Waals surface area contributed by atoms with E-state index in [0.717, 1.165) is 10.0 Å². The number of halogens is 1. The molecule has 0 atom stereocenters. The van der Waals surface area contributed by atoms with Crippen LogP contribution in [0.4, 0.5) is 0 Å². The van der Waals surface area contributed by atoms with E-state index in [1.165, 1.54) is 6.07 Å². The number of ether oxygens (including phenoxy) is 1. The monoisotopic (exact) mass is 322 g/mol. The molecule has 0 fully saturated rings. The molecule has 98 valence electrons. The Balaban J connectivity index is 2.32. The number of rotatable bonds is 3. The minimum Gasteiger partial charge on any atom is -0.477 e. The summed E-state index contributed by atoms with van der Waals surface area (Å²) in [6, 6.07) is 6.83. The fourth-order valence-electron chi connectivity index (χ4n) is 1.48. The molecule has 1 aromatic heterocycles. The Morgan fingerprint density at radius 3 is 2.63 bits per heavy atom. The highest BCUT2D eigenvalue weighted by Gasteiger charge is 2.10. The molecule has 0 saturated heterocycles. The van der Waals surface area contributed by atoms with Crippen LogP contribution in [0.2, 0.25) is 0 Å². The minimum absolute atomic E-state index is 0.0270. The van der Waals surface area contributed by atoms with Crippen molar-refractivity contribution < 1.29 is 14.6 Å². The minimum atomic E-state index is -1.11. The first-order valence-corrected chi connectivity index (χ1v) is 6.28. The van der Waals surface area contributed by atoms with Crippen molar-refractivity contribution in [3.8, 4) is 11.8 Å². The van der Waals surface area contributed by atoms with Crippen LogP contribution in [0.3, 0.4) is 0 Å². The Hall–Kier alpha value is -1.95. The Morgan fingerprint density at radius 1 is 1.26 bits per heavy atom. The van der Waals surface area contributed by atoms with Gasteiger partial charge in [-0.15, -0.1) is 0 Å². The van der Waals surface area contributed by atoms with Crippen LogP contribution in [0.5, 0.6) is 11.8 Å². The number of carboxylic acid groups (broad SMARTS) is 1. The molecule has 2 rings (SSSR count). The standard InChI is InChI=1S/C13H11BrN2O3/c1-7-5-9(3-4-10(7)14)19-13-15-8(2)6-11(16-13)12(17)18/h3-6H,1-2H3,(H,17,18). The second-order valence-corrected chi connectivity index (χ2v) is 4.85. The first-order chi connectivity index (χ1) is 8.95. The molecule has 19 heavy (non-hydrogen) atoms.